The molecule has 14 aliphatic rings. The smallest absolute Gasteiger partial charge is 0.373 e. The van der Waals surface area contributed by atoms with Crippen LogP contribution in [0, 0.1) is 0 Å². The lowest BCUT2D eigenvalue weighted by atomic mass is 10.00. The molecule has 76 heavy (non-hydrogen) atoms. The standard InChI is InChI=1S/C48H80Cl8O12Si8/c49-33-1-17-41(18-2-33)69-57-70(42-19-3-34(50)4-20-42)60-73(45-25-9-37(53)10-26-45)62-71(58-69,43-21-5-35(51)6-22-43)64-75(47-29-13-39(55)14-30-47)65-72(59-69,44-23-7-36(52)8-24-44)63-74(61-70,46-27-11-38(54)12-28-46)67-76(66-73,68-75)48-31-15-40(56)16-32-48/h33-48H,1-32H2. The zero-order valence-corrected chi connectivity index (χ0v) is 57.8. The zero-order valence-electron chi connectivity index (χ0n) is 43.8. The number of halogens is 8. The van der Waals surface area contributed by atoms with Gasteiger partial charge in [0.2, 0.25) is 0 Å². The third-order valence-electron chi connectivity index (χ3n) is 20.7. The van der Waals surface area contributed by atoms with Gasteiger partial charge in [-0.15, -0.1) is 92.8 Å². The van der Waals surface area contributed by atoms with E-state index in [1.165, 1.54) is 0 Å². The van der Waals surface area contributed by atoms with Crippen molar-refractivity contribution in [1.29, 1.82) is 0 Å². The largest absolute Gasteiger partial charge is 0.482 e. The van der Waals surface area contributed by atoms with Crippen LogP contribution < -0.4 is 0 Å². The summed E-state index contributed by atoms with van der Waals surface area (Å²) < 4.78 is 105. The molecule has 0 aromatic carbocycles. The minimum absolute atomic E-state index is 0.0110. The molecule has 14 rings (SSSR count). The summed E-state index contributed by atoms with van der Waals surface area (Å²) in [5.74, 6) is 0. The molecule has 0 radical (unpaired) electrons. The molecule has 6 heterocycles. The molecule has 0 spiro atoms. The summed E-state index contributed by atoms with van der Waals surface area (Å²) in [6, 6.07) is 0. The summed E-state index contributed by atoms with van der Waals surface area (Å²) in [6.07, 6.45) is 24.1. The molecule has 12 nitrogen and oxygen atoms in total. The Labute approximate surface area is 501 Å². The summed E-state index contributed by atoms with van der Waals surface area (Å²) in [6.45, 7) is 0. The van der Waals surface area contributed by atoms with Crippen molar-refractivity contribution in [2.75, 3.05) is 0 Å². The minimum atomic E-state index is -4.33. The Kier molecular flexibility index (Phi) is 17.7. The molecule has 0 unspecified atom stereocenters. The van der Waals surface area contributed by atoms with Crippen molar-refractivity contribution in [1.82, 2.24) is 0 Å². The van der Waals surface area contributed by atoms with E-state index in [1.807, 2.05) is 0 Å². The molecule has 8 saturated carbocycles. The van der Waals surface area contributed by atoms with Crippen molar-refractivity contribution >= 4 is 163 Å². The summed E-state index contributed by atoms with van der Waals surface area (Å²) in [5.41, 5.74) is -1.61. The fraction of sp³-hybridized carbons (Fsp3) is 1.00. The first-order chi connectivity index (χ1) is 36.5. The number of hydrogen-bond acceptors (Lipinski definition) is 12. The average molecular weight is 1360 g/mol. The molecule has 0 aromatic rings. The van der Waals surface area contributed by atoms with Crippen LogP contribution in [-0.4, -0.2) is 113 Å². The maximum atomic E-state index is 8.73. The Morgan fingerprint density at radius 2 is 0.224 bits per heavy atom. The Balaban J connectivity index is 1.13. The summed E-state index contributed by atoms with van der Waals surface area (Å²) in [5, 5.41) is 0.0879. The third-order valence-corrected chi connectivity index (χ3v) is 64.1. The van der Waals surface area contributed by atoms with E-state index >= 15 is 0 Å². The topological polar surface area (TPSA) is 111 Å². The highest BCUT2D eigenvalue weighted by Crippen LogP contribution is 2.67. The molecule has 8 aliphatic carbocycles. The van der Waals surface area contributed by atoms with Crippen molar-refractivity contribution in [2.45, 2.75) is 293 Å². The molecule has 0 aromatic heterocycles. The van der Waals surface area contributed by atoms with Crippen LogP contribution in [0.4, 0.5) is 0 Å². The highest BCUT2D eigenvalue weighted by atomic mass is 35.5. The first-order valence-electron chi connectivity index (χ1n) is 30.0. The SMILES string of the molecule is ClC1CCC([Si]23O[Si]4(C5CCC(Cl)CC5)O[Si]5(C6CCC(Cl)CC6)O[Si](C6CCC(Cl)CC6)(O2)O[Si]2(C6CCC(Cl)CC6)O[Si](C6CCC(Cl)CC6)(O3)O[Si](C3CCC(Cl)CC3)(O4)O[Si](C3CCC(Cl)CC3)(O5)O2)CC1. The van der Waals surface area contributed by atoms with Crippen molar-refractivity contribution in [3.8, 4) is 0 Å². The second-order valence-corrected chi connectivity index (χ2v) is 56.6. The average Bonchev–Trinajstić information content (AvgIpc) is 2.80. The van der Waals surface area contributed by atoms with Crippen molar-refractivity contribution in [3.63, 3.8) is 0 Å². The fourth-order valence-corrected chi connectivity index (χ4v) is 74.5. The summed E-state index contributed by atoms with van der Waals surface area (Å²) >= 11 is 57.1. The van der Waals surface area contributed by atoms with Gasteiger partial charge in [0.15, 0.2) is 0 Å². The van der Waals surface area contributed by atoms with E-state index in [-0.39, 0.29) is 87.3 Å². The van der Waals surface area contributed by atoms with Crippen molar-refractivity contribution in [2.24, 2.45) is 0 Å². The van der Waals surface area contributed by atoms with Gasteiger partial charge in [0.05, 0.1) is 0 Å². The highest BCUT2D eigenvalue weighted by molar-refractivity contribution is 7.05. The van der Waals surface area contributed by atoms with Crippen LogP contribution in [0.5, 0.6) is 0 Å². The molecule has 0 N–H and O–H groups in total. The molecule has 0 amide bonds. The minimum Gasteiger partial charge on any atom is -0.373 e. The van der Waals surface area contributed by atoms with Crippen LogP contribution >= 0.6 is 92.8 Å². The first kappa shape index (κ1) is 58.6. The summed E-state index contributed by atoms with van der Waals surface area (Å²) in [4.78, 5) is 0. The van der Waals surface area contributed by atoms with Gasteiger partial charge in [0.25, 0.3) is 0 Å². The van der Waals surface area contributed by atoms with Crippen molar-refractivity contribution in [3.05, 3.63) is 0 Å². The van der Waals surface area contributed by atoms with Gasteiger partial charge in [0, 0.05) is 87.3 Å². The molecule has 432 valence electrons. The second kappa shape index (κ2) is 22.9. The lowest BCUT2D eigenvalue weighted by molar-refractivity contribution is -0.0539. The quantitative estimate of drug-likeness (QED) is 0.170. The maximum Gasteiger partial charge on any atom is 0.482 e. The fourth-order valence-electron chi connectivity index (χ4n) is 16.1. The van der Waals surface area contributed by atoms with Crippen LogP contribution in [0.25, 0.3) is 0 Å². The van der Waals surface area contributed by atoms with Crippen LogP contribution in [0.1, 0.15) is 205 Å². The first-order valence-corrected chi connectivity index (χ1v) is 47.9. The normalized spacial score (nSPS) is 57.2. The monoisotopic (exact) mass is 1350 g/mol. The van der Waals surface area contributed by atoms with E-state index in [0.29, 0.717) is 0 Å². The van der Waals surface area contributed by atoms with Crippen LogP contribution in [0.15, 0.2) is 0 Å². The molecule has 6 saturated heterocycles. The Morgan fingerprint density at radius 1 is 0.145 bits per heavy atom. The van der Waals surface area contributed by atoms with Gasteiger partial charge in [-0.25, -0.2) is 0 Å². The van der Waals surface area contributed by atoms with Gasteiger partial charge < -0.3 is 49.4 Å². The van der Waals surface area contributed by atoms with Crippen LogP contribution in [-0.2, 0) is 49.4 Å². The lowest BCUT2D eigenvalue weighted by Gasteiger charge is -2.68. The maximum absolute atomic E-state index is 8.73. The Hall–Kier alpha value is 3.58. The van der Waals surface area contributed by atoms with Crippen LogP contribution in [0.3, 0.4) is 0 Å². The Morgan fingerprint density at radius 3 is 0.303 bits per heavy atom. The van der Waals surface area contributed by atoms with E-state index < -0.39 is 70.4 Å². The lowest BCUT2D eigenvalue weighted by Crippen LogP contribution is -2.91. The summed E-state index contributed by atoms with van der Waals surface area (Å²) in [7, 11) is -34.6. The molecular formula is C48H80Cl8O12Si8. The molecule has 6 aliphatic heterocycles. The molecular weight excluding hydrogens is 1280 g/mol. The van der Waals surface area contributed by atoms with Gasteiger partial charge in [-0.2, -0.15) is 0 Å². The van der Waals surface area contributed by atoms with Gasteiger partial charge in [-0.1, -0.05) is 0 Å². The Bertz CT molecular complexity index is 1540. The van der Waals surface area contributed by atoms with E-state index in [4.69, 9.17) is 142 Å². The number of hydrogen-bond donors (Lipinski definition) is 0. The van der Waals surface area contributed by atoms with E-state index in [2.05, 4.69) is 0 Å². The highest BCUT2D eigenvalue weighted by Gasteiger charge is 2.89. The van der Waals surface area contributed by atoms with Gasteiger partial charge in [-0.05, 0) is 205 Å². The molecule has 14 fully saturated rings. The van der Waals surface area contributed by atoms with E-state index in [9.17, 15) is 0 Å². The predicted octanol–water partition coefficient (Wildman–Crippen LogP) is 16.2. The van der Waals surface area contributed by atoms with E-state index in [0.717, 1.165) is 205 Å². The second-order valence-electron chi connectivity index (χ2n) is 25.6. The molecule has 0 atom stereocenters. The van der Waals surface area contributed by atoms with E-state index in [1.54, 1.807) is 0 Å². The third kappa shape index (κ3) is 11.0. The van der Waals surface area contributed by atoms with Crippen molar-refractivity contribution < 1.29 is 49.4 Å². The van der Waals surface area contributed by atoms with Gasteiger partial charge >= 0.3 is 70.4 Å². The van der Waals surface area contributed by atoms with Crippen LogP contribution in [0.2, 0.25) is 44.3 Å². The molecule has 8 bridgehead atoms. The molecule has 28 heteroatoms. The predicted molar refractivity (Wildman–Crippen MR) is 314 cm³/mol. The number of alkyl halides is 8. The van der Waals surface area contributed by atoms with Gasteiger partial charge in [-0.3, -0.25) is 0 Å². The number of rotatable bonds is 8. The van der Waals surface area contributed by atoms with Gasteiger partial charge in [0.1, 0.15) is 0 Å². The zero-order chi connectivity index (χ0) is 52.4.